The number of rotatable bonds is 4. The van der Waals surface area contributed by atoms with E-state index in [4.69, 9.17) is 18.0 Å². The number of nitrogens with zero attached hydrogens (tertiary/aromatic N) is 2. The molecule has 0 radical (unpaired) electrons. The fourth-order valence-electron chi connectivity index (χ4n) is 1.60. The van der Waals surface area contributed by atoms with E-state index in [9.17, 15) is 0 Å². The average Bonchev–Trinajstić information content (AvgIpc) is 2.26. The van der Waals surface area contributed by atoms with Crippen molar-refractivity contribution >= 4 is 23.0 Å². The number of pyridine rings is 1. The predicted molar refractivity (Wildman–Crippen MR) is 73.0 cm³/mol. The minimum atomic E-state index is 0.413. The number of hydrogen-bond donors (Lipinski definition) is 1. The Hall–Kier alpha value is -1.16. The summed E-state index contributed by atoms with van der Waals surface area (Å²) in [6, 6.07) is 2.35. The fourth-order valence-corrected chi connectivity index (χ4v) is 1.85. The number of nitrogens with two attached hydrogens (primary N) is 1. The number of anilines is 1. The van der Waals surface area contributed by atoms with E-state index in [1.165, 1.54) is 0 Å². The quantitative estimate of drug-likeness (QED) is 0.816. The molecule has 1 atom stereocenters. The van der Waals surface area contributed by atoms with Crippen LogP contribution in [0.5, 0.6) is 0 Å². The highest BCUT2D eigenvalue weighted by atomic mass is 32.1. The van der Waals surface area contributed by atoms with Crippen LogP contribution in [0.2, 0.25) is 0 Å². The third-order valence-corrected chi connectivity index (χ3v) is 3.18. The van der Waals surface area contributed by atoms with Gasteiger partial charge in [0.15, 0.2) is 0 Å². The summed E-state index contributed by atoms with van der Waals surface area (Å²) < 4.78 is 0. The summed E-state index contributed by atoms with van der Waals surface area (Å²) in [7, 11) is 2.03. The zero-order valence-electron chi connectivity index (χ0n) is 10.3. The SMILES string of the molecule is CCC(C)N(C)c1nccc(C)c1C(N)=S. The van der Waals surface area contributed by atoms with Gasteiger partial charge in [-0.1, -0.05) is 19.1 Å². The molecule has 0 aliphatic carbocycles. The van der Waals surface area contributed by atoms with Crippen molar-refractivity contribution < 1.29 is 0 Å². The maximum absolute atomic E-state index is 5.76. The Morgan fingerprint density at radius 1 is 1.62 bits per heavy atom. The van der Waals surface area contributed by atoms with Crippen LogP contribution in [0.3, 0.4) is 0 Å². The van der Waals surface area contributed by atoms with Crippen LogP contribution in [0, 0.1) is 6.92 Å². The Kier molecular flexibility index (Phi) is 4.24. The van der Waals surface area contributed by atoms with Crippen LogP contribution in [0.15, 0.2) is 12.3 Å². The first-order valence-corrected chi connectivity index (χ1v) is 5.88. The highest BCUT2D eigenvalue weighted by Crippen LogP contribution is 2.22. The van der Waals surface area contributed by atoms with Gasteiger partial charge in [-0.2, -0.15) is 0 Å². The molecule has 0 fully saturated rings. The minimum absolute atomic E-state index is 0.413. The molecule has 16 heavy (non-hydrogen) atoms. The standard InChI is InChI=1S/C12H19N3S/c1-5-9(3)15(4)12-10(11(13)16)8(2)6-7-14-12/h6-7,9H,5H2,1-4H3,(H2,13,16). The summed E-state index contributed by atoms with van der Waals surface area (Å²) in [5.74, 6) is 0.877. The van der Waals surface area contributed by atoms with Crippen LogP contribution in [0.4, 0.5) is 5.82 Å². The first-order chi connectivity index (χ1) is 7.49. The van der Waals surface area contributed by atoms with Crippen LogP contribution in [-0.2, 0) is 0 Å². The van der Waals surface area contributed by atoms with Crippen LogP contribution < -0.4 is 10.6 Å². The lowest BCUT2D eigenvalue weighted by Gasteiger charge is -2.27. The van der Waals surface area contributed by atoms with Crippen molar-refractivity contribution in [3.05, 3.63) is 23.4 Å². The van der Waals surface area contributed by atoms with E-state index in [0.29, 0.717) is 11.0 Å². The van der Waals surface area contributed by atoms with Crippen LogP contribution in [0.1, 0.15) is 31.4 Å². The van der Waals surface area contributed by atoms with E-state index < -0.39 is 0 Å². The molecule has 0 spiro atoms. The molecule has 0 saturated carbocycles. The molecule has 3 nitrogen and oxygen atoms in total. The Balaban J connectivity index is 3.22. The molecule has 88 valence electrons. The zero-order valence-corrected chi connectivity index (χ0v) is 11.1. The van der Waals surface area contributed by atoms with E-state index in [1.807, 2.05) is 20.0 Å². The lowest BCUT2D eigenvalue weighted by atomic mass is 10.1. The molecule has 1 heterocycles. The van der Waals surface area contributed by atoms with Gasteiger partial charge in [0.2, 0.25) is 0 Å². The second-order valence-corrected chi connectivity index (χ2v) is 4.50. The van der Waals surface area contributed by atoms with E-state index in [-0.39, 0.29) is 0 Å². The predicted octanol–water partition coefficient (Wildman–Crippen LogP) is 2.26. The van der Waals surface area contributed by atoms with Gasteiger partial charge in [0, 0.05) is 19.3 Å². The molecule has 1 unspecified atom stereocenters. The minimum Gasteiger partial charge on any atom is -0.389 e. The highest BCUT2D eigenvalue weighted by molar-refractivity contribution is 7.80. The molecule has 2 N–H and O–H groups in total. The second kappa shape index (κ2) is 5.25. The molecule has 0 saturated heterocycles. The van der Waals surface area contributed by atoms with E-state index in [2.05, 4.69) is 23.7 Å². The van der Waals surface area contributed by atoms with Crippen LogP contribution >= 0.6 is 12.2 Å². The average molecular weight is 237 g/mol. The smallest absolute Gasteiger partial charge is 0.139 e. The maximum Gasteiger partial charge on any atom is 0.139 e. The lowest BCUT2D eigenvalue weighted by Crippen LogP contribution is -2.31. The molecular weight excluding hydrogens is 218 g/mol. The summed E-state index contributed by atoms with van der Waals surface area (Å²) in [5, 5.41) is 0. The van der Waals surface area contributed by atoms with Gasteiger partial charge in [-0.25, -0.2) is 4.98 Å². The van der Waals surface area contributed by atoms with Gasteiger partial charge >= 0.3 is 0 Å². The summed E-state index contributed by atoms with van der Waals surface area (Å²) in [4.78, 5) is 6.93. The Morgan fingerprint density at radius 2 is 2.25 bits per heavy atom. The lowest BCUT2D eigenvalue weighted by molar-refractivity contribution is 0.656. The van der Waals surface area contributed by atoms with Crippen molar-refractivity contribution in [1.82, 2.24) is 4.98 Å². The second-order valence-electron chi connectivity index (χ2n) is 4.06. The first kappa shape index (κ1) is 12.9. The van der Waals surface area contributed by atoms with E-state index >= 15 is 0 Å². The van der Waals surface area contributed by atoms with Gasteiger partial charge in [-0.3, -0.25) is 0 Å². The maximum atomic E-state index is 5.76. The van der Waals surface area contributed by atoms with Crippen molar-refractivity contribution in [3.63, 3.8) is 0 Å². The molecule has 1 rings (SSSR count). The molecule has 0 bridgehead atoms. The van der Waals surface area contributed by atoms with E-state index in [0.717, 1.165) is 23.4 Å². The monoisotopic (exact) mass is 237 g/mol. The molecule has 0 aliphatic heterocycles. The van der Waals surface area contributed by atoms with E-state index in [1.54, 1.807) is 6.20 Å². The van der Waals surface area contributed by atoms with Crippen LogP contribution in [0.25, 0.3) is 0 Å². The van der Waals surface area contributed by atoms with Crippen molar-refractivity contribution in [2.75, 3.05) is 11.9 Å². The number of hydrogen-bond acceptors (Lipinski definition) is 3. The third-order valence-electron chi connectivity index (χ3n) is 2.97. The molecular formula is C12H19N3S. The van der Waals surface area contributed by atoms with Gasteiger partial charge in [0.1, 0.15) is 10.8 Å². The highest BCUT2D eigenvalue weighted by Gasteiger charge is 2.16. The third kappa shape index (κ3) is 2.50. The topological polar surface area (TPSA) is 42.2 Å². The number of aromatic nitrogens is 1. The summed E-state index contributed by atoms with van der Waals surface area (Å²) in [6.45, 7) is 6.31. The van der Waals surface area contributed by atoms with Gasteiger partial charge < -0.3 is 10.6 Å². The Morgan fingerprint density at radius 3 is 2.75 bits per heavy atom. The van der Waals surface area contributed by atoms with Gasteiger partial charge in [0.25, 0.3) is 0 Å². The molecule has 1 aromatic heterocycles. The van der Waals surface area contributed by atoms with Crippen molar-refractivity contribution in [3.8, 4) is 0 Å². The van der Waals surface area contributed by atoms with Gasteiger partial charge in [-0.05, 0) is 31.9 Å². The molecule has 4 heteroatoms. The summed E-state index contributed by atoms with van der Waals surface area (Å²) in [6.07, 6.45) is 2.86. The normalized spacial score (nSPS) is 12.2. The van der Waals surface area contributed by atoms with Gasteiger partial charge in [-0.15, -0.1) is 0 Å². The Labute approximate surface area is 103 Å². The molecule has 0 aromatic carbocycles. The number of thiocarbonyl (C=S) groups is 1. The van der Waals surface area contributed by atoms with Crippen molar-refractivity contribution in [2.45, 2.75) is 33.2 Å². The molecule has 1 aromatic rings. The molecule has 0 aliphatic rings. The van der Waals surface area contributed by atoms with Crippen molar-refractivity contribution in [2.24, 2.45) is 5.73 Å². The number of aryl methyl sites for hydroxylation is 1. The fraction of sp³-hybridized carbons (Fsp3) is 0.500. The molecule has 0 amide bonds. The van der Waals surface area contributed by atoms with Crippen molar-refractivity contribution in [1.29, 1.82) is 0 Å². The largest absolute Gasteiger partial charge is 0.389 e. The zero-order chi connectivity index (χ0) is 12.3. The Bertz CT molecular complexity index is 390. The first-order valence-electron chi connectivity index (χ1n) is 5.47. The summed E-state index contributed by atoms with van der Waals surface area (Å²) >= 11 is 5.09. The summed E-state index contributed by atoms with van der Waals surface area (Å²) in [5.41, 5.74) is 7.73. The van der Waals surface area contributed by atoms with Gasteiger partial charge in [0.05, 0.1) is 5.56 Å². The van der Waals surface area contributed by atoms with Crippen LogP contribution in [-0.4, -0.2) is 23.1 Å².